The zero-order valence-electron chi connectivity index (χ0n) is 35.7. The zero-order valence-corrected chi connectivity index (χ0v) is 36.5. The molecule has 2 heterocycles. The van der Waals surface area contributed by atoms with Gasteiger partial charge in [0.1, 0.15) is 22.3 Å². The molecule has 1 aliphatic heterocycles. The predicted molar refractivity (Wildman–Crippen MR) is 222 cm³/mol. The van der Waals surface area contributed by atoms with Gasteiger partial charge >= 0.3 is 18.0 Å². The van der Waals surface area contributed by atoms with Crippen LogP contribution in [0, 0.1) is 17.8 Å². The monoisotopic (exact) mass is 828 g/mol. The van der Waals surface area contributed by atoms with Gasteiger partial charge in [0.25, 0.3) is 5.91 Å². The van der Waals surface area contributed by atoms with Crippen LogP contribution in [-0.2, 0) is 39.8 Å². The lowest BCUT2D eigenvalue weighted by atomic mass is 9.94. The number of amides is 4. The largest absolute Gasteiger partial charge is 0.469 e. The second-order valence-corrected chi connectivity index (χ2v) is 17.4. The maximum absolute atomic E-state index is 13.8. The second kappa shape index (κ2) is 22.5. The van der Waals surface area contributed by atoms with E-state index in [-0.39, 0.29) is 48.2 Å². The highest BCUT2D eigenvalue weighted by molar-refractivity contribution is 7.09. The van der Waals surface area contributed by atoms with Crippen molar-refractivity contribution >= 4 is 52.8 Å². The number of nitrogens with one attached hydrogen (secondary N) is 5. The lowest BCUT2D eigenvalue weighted by Crippen LogP contribution is -2.57. The smallest absolute Gasteiger partial charge is 0.412 e. The number of methoxy groups -OCH3 is 1. The quantitative estimate of drug-likeness (QED) is 0.0841. The number of piperidine rings is 1. The van der Waals surface area contributed by atoms with E-state index in [9.17, 15) is 28.8 Å². The molecule has 1 fully saturated rings. The molecule has 322 valence electrons. The van der Waals surface area contributed by atoms with Gasteiger partial charge in [-0.2, -0.15) is 0 Å². The third-order valence-electron chi connectivity index (χ3n) is 10.0. The minimum Gasteiger partial charge on any atom is -0.469 e. The minimum absolute atomic E-state index is 0.0854. The lowest BCUT2D eigenvalue weighted by molar-refractivity contribution is -0.148. The number of carbonyl (C=O) groups is 6. The van der Waals surface area contributed by atoms with Gasteiger partial charge in [-0.25, -0.2) is 9.78 Å². The van der Waals surface area contributed by atoms with E-state index in [0.29, 0.717) is 30.0 Å². The van der Waals surface area contributed by atoms with Crippen LogP contribution in [0.4, 0.5) is 10.5 Å². The summed E-state index contributed by atoms with van der Waals surface area (Å²) in [5.74, 6) is -2.71. The molecule has 4 amide bonds. The van der Waals surface area contributed by atoms with E-state index in [1.807, 2.05) is 39.8 Å². The zero-order chi connectivity index (χ0) is 43.2. The highest BCUT2D eigenvalue weighted by Crippen LogP contribution is 2.29. The first-order valence-electron chi connectivity index (χ1n) is 20.2. The molecule has 2 aromatic rings. The van der Waals surface area contributed by atoms with Crippen LogP contribution in [-0.4, -0.2) is 84.2 Å². The summed E-state index contributed by atoms with van der Waals surface area (Å²) in [6.07, 6.45) is 2.70. The molecule has 3 rings (SSSR count). The van der Waals surface area contributed by atoms with Crippen LogP contribution in [0.2, 0.25) is 0 Å². The van der Waals surface area contributed by atoms with Crippen molar-refractivity contribution in [2.45, 2.75) is 143 Å². The number of hydrogen-bond donors (Lipinski definition) is 5. The molecule has 1 aromatic carbocycles. The van der Waals surface area contributed by atoms with Gasteiger partial charge in [0.2, 0.25) is 11.8 Å². The summed E-state index contributed by atoms with van der Waals surface area (Å²) in [6.45, 7) is 16.9. The summed E-state index contributed by atoms with van der Waals surface area (Å²) in [7, 11) is 1.31. The minimum atomic E-state index is -0.872. The Morgan fingerprint density at radius 3 is 2.22 bits per heavy atom. The SMILES string of the molecule is CC[C@H](C)[C@H](NC(=O)[C@H]1CCCCN1)C(=O)N[C@H](C[C@@H](OC(C)=O)c1nc(C(=O)N[C@@H](Cc2ccc(NC(=O)OC(C)(C)C)cc2)CC(C)C(=O)OC)cs1)C(C)C. The Morgan fingerprint density at radius 1 is 0.966 bits per heavy atom. The number of anilines is 1. The predicted octanol–water partition coefficient (Wildman–Crippen LogP) is 5.84. The normalized spacial score (nSPS) is 17.4. The van der Waals surface area contributed by atoms with E-state index in [2.05, 4.69) is 31.6 Å². The Labute approximate surface area is 346 Å². The molecule has 16 heteroatoms. The van der Waals surface area contributed by atoms with E-state index in [4.69, 9.17) is 14.2 Å². The molecule has 0 saturated carbocycles. The van der Waals surface area contributed by atoms with Crippen LogP contribution in [0.25, 0.3) is 0 Å². The van der Waals surface area contributed by atoms with Crippen molar-refractivity contribution in [3.8, 4) is 0 Å². The molecule has 1 aliphatic rings. The van der Waals surface area contributed by atoms with Crippen molar-refractivity contribution < 1.29 is 43.0 Å². The summed E-state index contributed by atoms with van der Waals surface area (Å²) >= 11 is 1.16. The van der Waals surface area contributed by atoms with E-state index in [1.54, 1.807) is 45.2 Å². The van der Waals surface area contributed by atoms with Crippen LogP contribution in [0.5, 0.6) is 0 Å². The number of aromatic nitrogens is 1. The number of esters is 2. The van der Waals surface area contributed by atoms with Crippen LogP contribution in [0.1, 0.15) is 128 Å². The number of rotatable bonds is 19. The first kappa shape index (κ1) is 47.8. The van der Waals surface area contributed by atoms with Crippen molar-refractivity contribution in [3.05, 3.63) is 45.9 Å². The molecule has 5 N–H and O–H groups in total. The first-order valence-corrected chi connectivity index (χ1v) is 21.1. The van der Waals surface area contributed by atoms with Gasteiger partial charge in [-0.1, -0.05) is 59.6 Å². The fraction of sp³-hybridized carbons (Fsp3) is 0.643. The lowest BCUT2D eigenvalue weighted by Gasteiger charge is -2.31. The van der Waals surface area contributed by atoms with Crippen LogP contribution in [0.3, 0.4) is 0 Å². The Morgan fingerprint density at radius 2 is 1.66 bits per heavy atom. The second-order valence-electron chi connectivity index (χ2n) is 16.5. The first-order chi connectivity index (χ1) is 27.3. The maximum atomic E-state index is 13.8. The van der Waals surface area contributed by atoms with Crippen molar-refractivity contribution in [1.29, 1.82) is 0 Å². The molecular weight excluding hydrogens is 765 g/mol. The molecule has 1 unspecified atom stereocenters. The number of hydrogen-bond acceptors (Lipinski definition) is 12. The molecule has 0 spiro atoms. The average Bonchev–Trinajstić information content (AvgIpc) is 3.66. The van der Waals surface area contributed by atoms with E-state index >= 15 is 0 Å². The van der Waals surface area contributed by atoms with E-state index < -0.39 is 59.7 Å². The van der Waals surface area contributed by atoms with Crippen LogP contribution in [0.15, 0.2) is 29.6 Å². The highest BCUT2D eigenvalue weighted by Gasteiger charge is 2.34. The third kappa shape index (κ3) is 15.6. The van der Waals surface area contributed by atoms with Gasteiger partial charge in [0, 0.05) is 36.5 Å². The summed E-state index contributed by atoms with van der Waals surface area (Å²) in [5.41, 5.74) is 0.829. The molecular formula is C42H64N6O9S. The Bertz CT molecular complexity index is 1690. The van der Waals surface area contributed by atoms with E-state index in [0.717, 1.165) is 36.3 Å². The van der Waals surface area contributed by atoms with Crippen molar-refractivity contribution in [1.82, 2.24) is 26.3 Å². The standard InChI is InChI=1S/C42H64N6O9S/c1-11-25(4)35(48-36(50)31-14-12-13-19-43-31)38(52)46-32(24(2)3)22-34(56-27(6)49)39-47-33(23-58-39)37(51)44-30(20-26(5)40(53)55-10)21-28-15-17-29(18-16-28)45-41(54)57-42(7,8)9/h15-18,23-26,30-32,34-35,43H,11-14,19-22H2,1-10H3,(H,44,51)(H,45,54)(H,46,52)(H,48,50)/t25-,26?,30+,31+,32+,34+,35-/m0/s1. The van der Waals surface area contributed by atoms with Crippen molar-refractivity contribution in [3.63, 3.8) is 0 Å². The van der Waals surface area contributed by atoms with E-state index in [1.165, 1.54) is 14.0 Å². The molecule has 0 bridgehead atoms. The van der Waals surface area contributed by atoms with Gasteiger partial charge in [0.05, 0.1) is 19.1 Å². The molecule has 1 aromatic heterocycles. The molecule has 1 saturated heterocycles. The Kier molecular flexibility index (Phi) is 18.6. The van der Waals surface area contributed by atoms with Crippen LogP contribution >= 0.6 is 11.3 Å². The Hall–Kier alpha value is -4.57. The van der Waals surface area contributed by atoms with Gasteiger partial charge in [-0.3, -0.25) is 29.3 Å². The third-order valence-corrected chi connectivity index (χ3v) is 11.0. The number of thiazole rings is 1. The number of nitrogens with zero attached hydrogens (tertiary/aromatic N) is 1. The molecule has 15 nitrogen and oxygen atoms in total. The fourth-order valence-corrected chi connectivity index (χ4v) is 7.42. The number of ether oxygens (including phenoxy) is 3. The van der Waals surface area contributed by atoms with Crippen molar-refractivity contribution in [2.75, 3.05) is 19.0 Å². The molecule has 0 aliphatic carbocycles. The summed E-state index contributed by atoms with van der Waals surface area (Å²) in [6, 6.07) is 5.02. The highest BCUT2D eigenvalue weighted by atomic mass is 32.1. The summed E-state index contributed by atoms with van der Waals surface area (Å²) < 4.78 is 16.0. The molecule has 7 atom stereocenters. The van der Waals surface area contributed by atoms with Gasteiger partial charge in [-0.15, -0.1) is 11.3 Å². The molecule has 0 radical (unpaired) electrons. The van der Waals surface area contributed by atoms with Gasteiger partial charge in [-0.05, 0) is 82.5 Å². The average molecular weight is 829 g/mol. The summed E-state index contributed by atoms with van der Waals surface area (Å²) in [4.78, 5) is 82.2. The Balaban J connectivity index is 1.77. The topological polar surface area (TPSA) is 203 Å². The number of carbonyl (C=O) groups excluding carboxylic acids is 6. The fourth-order valence-electron chi connectivity index (χ4n) is 6.58. The number of benzene rings is 1. The van der Waals surface area contributed by atoms with Crippen molar-refractivity contribution in [2.24, 2.45) is 17.8 Å². The van der Waals surface area contributed by atoms with Gasteiger partial charge < -0.3 is 35.5 Å². The van der Waals surface area contributed by atoms with Crippen LogP contribution < -0.4 is 26.6 Å². The maximum Gasteiger partial charge on any atom is 0.412 e. The van der Waals surface area contributed by atoms with Gasteiger partial charge in [0.15, 0.2) is 6.10 Å². The molecule has 58 heavy (non-hydrogen) atoms. The summed E-state index contributed by atoms with van der Waals surface area (Å²) in [5, 5.41) is 17.0.